The summed E-state index contributed by atoms with van der Waals surface area (Å²) >= 11 is 0. The molecule has 0 aromatic carbocycles. The molecule has 17 heavy (non-hydrogen) atoms. The van der Waals surface area contributed by atoms with Crippen molar-refractivity contribution in [3.8, 4) is 0 Å². The molecular formula is C16H24Ni+2. The zero-order valence-corrected chi connectivity index (χ0v) is 11.6. The molecule has 0 saturated carbocycles. The molecule has 0 amide bonds. The molecule has 2 aliphatic carbocycles. The van der Waals surface area contributed by atoms with Gasteiger partial charge in [-0.3, -0.25) is 0 Å². The molecule has 0 heterocycles. The smallest absolute Gasteiger partial charge is 0.0882 e. The van der Waals surface area contributed by atoms with Gasteiger partial charge in [0.25, 0.3) is 0 Å². The van der Waals surface area contributed by atoms with E-state index in [1.165, 1.54) is 51.4 Å². The van der Waals surface area contributed by atoms with Gasteiger partial charge in [-0.1, -0.05) is 48.6 Å². The Labute approximate surface area is 116 Å². The molecule has 1 heteroatoms. The first-order valence-corrected chi connectivity index (χ1v) is 6.60. The fourth-order valence-corrected chi connectivity index (χ4v) is 1.71. The summed E-state index contributed by atoms with van der Waals surface area (Å²) in [6.07, 6.45) is 28.0. The van der Waals surface area contributed by atoms with Crippen molar-refractivity contribution in [2.24, 2.45) is 0 Å². The molecule has 0 atom stereocenters. The van der Waals surface area contributed by atoms with E-state index in [1.54, 1.807) is 0 Å². The minimum absolute atomic E-state index is 0. The average molecular weight is 275 g/mol. The van der Waals surface area contributed by atoms with E-state index in [-0.39, 0.29) is 16.5 Å². The molecule has 0 saturated heterocycles. The van der Waals surface area contributed by atoms with Gasteiger partial charge in [0.15, 0.2) is 0 Å². The van der Waals surface area contributed by atoms with Crippen molar-refractivity contribution < 1.29 is 16.5 Å². The van der Waals surface area contributed by atoms with Crippen molar-refractivity contribution in [2.45, 2.75) is 51.4 Å². The Balaban J connectivity index is 0.000000284. The van der Waals surface area contributed by atoms with E-state index in [0.717, 1.165) is 0 Å². The maximum absolute atomic E-state index is 2.27. The Bertz CT molecular complexity index is 179. The molecule has 0 bridgehead atoms. The molecule has 0 fully saturated rings. The molecule has 0 aliphatic heterocycles. The fraction of sp³-hybridized carbons (Fsp3) is 0.500. The average Bonchev–Trinajstić information content (AvgIpc) is 2.15. The SMILES string of the molecule is C1=CCCC=CCC1.C1=CCCC=CCC1.[Ni+2]. The van der Waals surface area contributed by atoms with Gasteiger partial charge >= 0.3 is 16.5 Å². The Hall–Kier alpha value is -0.546. The second kappa shape index (κ2) is 13.5. The first kappa shape index (κ1) is 16.5. The summed E-state index contributed by atoms with van der Waals surface area (Å²) in [5.41, 5.74) is 0. The van der Waals surface area contributed by atoms with Gasteiger partial charge in [-0.15, -0.1) is 0 Å². The van der Waals surface area contributed by atoms with Crippen LogP contribution in [0.3, 0.4) is 0 Å². The summed E-state index contributed by atoms with van der Waals surface area (Å²) in [5.74, 6) is 0. The minimum atomic E-state index is 0. The summed E-state index contributed by atoms with van der Waals surface area (Å²) < 4.78 is 0. The van der Waals surface area contributed by atoms with E-state index in [9.17, 15) is 0 Å². The number of hydrogen-bond acceptors (Lipinski definition) is 0. The van der Waals surface area contributed by atoms with Crippen LogP contribution in [-0.2, 0) is 16.5 Å². The molecule has 2 rings (SSSR count). The van der Waals surface area contributed by atoms with Gasteiger partial charge in [0.1, 0.15) is 0 Å². The zero-order chi connectivity index (χ0) is 11.3. The molecule has 0 aromatic heterocycles. The molecule has 0 spiro atoms. The quantitative estimate of drug-likeness (QED) is 0.413. The van der Waals surface area contributed by atoms with Gasteiger partial charge in [0.2, 0.25) is 0 Å². The number of hydrogen-bond donors (Lipinski definition) is 0. The van der Waals surface area contributed by atoms with Crippen molar-refractivity contribution in [1.29, 1.82) is 0 Å². The van der Waals surface area contributed by atoms with Crippen LogP contribution in [0.5, 0.6) is 0 Å². The Kier molecular flexibility index (Phi) is 13.1. The predicted octanol–water partition coefficient (Wildman–Crippen LogP) is 5.34. The van der Waals surface area contributed by atoms with Crippen LogP contribution in [0.4, 0.5) is 0 Å². The van der Waals surface area contributed by atoms with Crippen molar-refractivity contribution in [3.63, 3.8) is 0 Å². The van der Waals surface area contributed by atoms with E-state index in [2.05, 4.69) is 48.6 Å². The summed E-state index contributed by atoms with van der Waals surface area (Å²) in [7, 11) is 0. The van der Waals surface area contributed by atoms with Crippen molar-refractivity contribution >= 4 is 0 Å². The first-order valence-electron chi connectivity index (χ1n) is 6.60. The molecule has 0 aromatic rings. The third-order valence-corrected chi connectivity index (χ3v) is 2.67. The van der Waals surface area contributed by atoms with Gasteiger partial charge in [0.05, 0.1) is 0 Å². The number of allylic oxidation sites excluding steroid dienone is 8. The largest absolute Gasteiger partial charge is 2.00 e. The van der Waals surface area contributed by atoms with Crippen LogP contribution in [0.2, 0.25) is 0 Å². The van der Waals surface area contributed by atoms with Crippen LogP contribution >= 0.6 is 0 Å². The summed E-state index contributed by atoms with van der Waals surface area (Å²) in [6.45, 7) is 0. The first-order chi connectivity index (χ1) is 8.00. The molecule has 96 valence electrons. The monoisotopic (exact) mass is 274 g/mol. The second-order valence-electron chi connectivity index (χ2n) is 4.20. The van der Waals surface area contributed by atoms with Crippen LogP contribution in [0.25, 0.3) is 0 Å². The van der Waals surface area contributed by atoms with Crippen LogP contribution in [0, 0.1) is 0 Å². The third-order valence-electron chi connectivity index (χ3n) is 2.67. The minimum Gasteiger partial charge on any atom is -0.0882 e. The standard InChI is InChI=1S/2C8H12.Ni/c2*1-2-4-6-8-7-5-3-1;/h2*1-2,7-8H,3-6H2;/q;;+2. The fourth-order valence-electron chi connectivity index (χ4n) is 1.71. The van der Waals surface area contributed by atoms with E-state index in [1.807, 2.05) is 0 Å². The summed E-state index contributed by atoms with van der Waals surface area (Å²) in [6, 6.07) is 0. The van der Waals surface area contributed by atoms with Gasteiger partial charge in [-0.2, -0.15) is 0 Å². The third kappa shape index (κ3) is 11.7. The number of rotatable bonds is 0. The van der Waals surface area contributed by atoms with Gasteiger partial charge in [0, 0.05) is 0 Å². The maximum Gasteiger partial charge on any atom is 2.00 e. The zero-order valence-electron chi connectivity index (χ0n) is 10.6. The van der Waals surface area contributed by atoms with Crippen LogP contribution in [-0.4, -0.2) is 0 Å². The molecule has 0 N–H and O–H groups in total. The Morgan fingerprint density at radius 3 is 0.529 bits per heavy atom. The van der Waals surface area contributed by atoms with E-state index in [0.29, 0.717) is 0 Å². The Morgan fingerprint density at radius 1 is 0.294 bits per heavy atom. The molecule has 0 unspecified atom stereocenters. The van der Waals surface area contributed by atoms with Crippen molar-refractivity contribution in [2.75, 3.05) is 0 Å². The van der Waals surface area contributed by atoms with Gasteiger partial charge < -0.3 is 0 Å². The van der Waals surface area contributed by atoms with E-state index >= 15 is 0 Å². The van der Waals surface area contributed by atoms with Gasteiger partial charge in [-0.05, 0) is 51.4 Å². The van der Waals surface area contributed by atoms with Crippen molar-refractivity contribution in [1.82, 2.24) is 0 Å². The summed E-state index contributed by atoms with van der Waals surface area (Å²) in [4.78, 5) is 0. The topological polar surface area (TPSA) is 0 Å². The maximum atomic E-state index is 2.27. The molecular weight excluding hydrogens is 251 g/mol. The predicted molar refractivity (Wildman–Crippen MR) is 73.5 cm³/mol. The van der Waals surface area contributed by atoms with Crippen LogP contribution in [0.1, 0.15) is 51.4 Å². The van der Waals surface area contributed by atoms with Gasteiger partial charge in [-0.25, -0.2) is 0 Å². The summed E-state index contributed by atoms with van der Waals surface area (Å²) in [5, 5.41) is 0. The normalized spacial score (nSPS) is 18.8. The molecule has 2 aliphatic rings. The van der Waals surface area contributed by atoms with Crippen LogP contribution < -0.4 is 0 Å². The second-order valence-corrected chi connectivity index (χ2v) is 4.20. The molecule has 0 nitrogen and oxygen atoms in total. The van der Waals surface area contributed by atoms with E-state index < -0.39 is 0 Å². The molecule has 0 radical (unpaired) electrons. The van der Waals surface area contributed by atoms with Crippen LogP contribution in [0.15, 0.2) is 48.6 Å². The Morgan fingerprint density at radius 2 is 0.412 bits per heavy atom. The van der Waals surface area contributed by atoms with Crippen molar-refractivity contribution in [3.05, 3.63) is 48.6 Å². The van der Waals surface area contributed by atoms with E-state index in [4.69, 9.17) is 0 Å².